The Morgan fingerprint density at radius 1 is 1.05 bits per heavy atom. The van der Waals surface area contributed by atoms with Gasteiger partial charge >= 0.3 is 0 Å². The van der Waals surface area contributed by atoms with Crippen molar-refractivity contribution in [3.8, 4) is 22.9 Å². The van der Waals surface area contributed by atoms with E-state index >= 15 is 4.39 Å². The highest BCUT2D eigenvalue weighted by Gasteiger charge is 2.25. The molecule has 40 heavy (non-hydrogen) atoms. The first-order valence-electron chi connectivity index (χ1n) is 12.9. The van der Waals surface area contributed by atoms with E-state index in [9.17, 15) is 13.3 Å². The first kappa shape index (κ1) is 27.9. The molecule has 2 aromatic heterocycles. The van der Waals surface area contributed by atoms with Crippen LogP contribution in [0.3, 0.4) is 0 Å². The van der Waals surface area contributed by atoms with E-state index in [-0.39, 0.29) is 11.6 Å². The van der Waals surface area contributed by atoms with Crippen LogP contribution in [0.4, 0.5) is 18.9 Å². The average Bonchev–Trinajstić information content (AvgIpc) is 2.95. The van der Waals surface area contributed by atoms with Crippen molar-refractivity contribution >= 4 is 17.0 Å². The molecule has 1 saturated heterocycles. The Morgan fingerprint density at radius 2 is 1.88 bits per heavy atom. The molecule has 4 aromatic rings. The summed E-state index contributed by atoms with van der Waals surface area (Å²) in [4.78, 5) is 15.5. The van der Waals surface area contributed by atoms with Gasteiger partial charge in [-0.1, -0.05) is 30.3 Å². The van der Waals surface area contributed by atoms with Gasteiger partial charge in [0.05, 0.1) is 22.6 Å². The second-order valence-corrected chi connectivity index (χ2v) is 10.9. The standard InChI is InChI=1S/C29H28F3N5O2S/c1-37-14-6-9-20(17-37)15-25-33-13-11-23(35-25)21-10-5-12-34-29(21)39-24-16-22(30)28(27(32)26(24)31)36-40(38)18-19-7-3-2-4-8-19/h2-5,7-8,10-13,16,20,36H,6,9,14-15,17-18H2,1H3. The fourth-order valence-corrected chi connectivity index (χ4v) is 5.72. The summed E-state index contributed by atoms with van der Waals surface area (Å²) in [5.41, 5.74) is 0.761. The molecule has 0 amide bonds. The molecule has 0 radical (unpaired) electrons. The van der Waals surface area contributed by atoms with Gasteiger partial charge in [-0.3, -0.25) is 0 Å². The molecule has 11 heteroatoms. The largest absolute Gasteiger partial charge is 0.593 e. The molecular weight excluding hydrogens is 539 g/mol. The normalized spacial score (nSPS) is 16.5. The highest BCUT2D eigenvalue weighted by Crippen LogP contribution is 2.36. The van der Waals surface area contributed by atoms with Gasteiger partial charge in [0.1, 0.15) is 5.82 Å². The number of ether oxygens (including phenoxy) is 1. The Balaban J connectivity index is 1.35. The summed E-state index contributed by atoms with van der Waals surface area (Å²) in [6.07, 6.45) is 5.99. The van der Waals surface area contributed by atoms with Crippen LogP contribution in [0.1, 0.15) is 24.2 Å². The van der Waals surface area contributed by atoms with E-state index in [1.807, 2.05) is 0 Å². The van der Waals surface area contributed by atoms with Crippen LogP contribution in [0.5, 0.6) is 11.6 Å². The van der Waals surface area contributed by atoms with E-state index < -0.39 is 40.3 Å². The zero-order valence-electron chi connectivity index (χ0n) is 21.8. The predicted octanol–water partition coefficient (Wildman–Crippen LogP) is 5.91. The van der Waals surface area contributed by atoms with Gasteiger partial charge in [0.25, 0.3) is 0 Å². The van der Waals surface area contributed by atoms with Crippen LogP contribution in [0.25, 0.3) is 11.3 Å². The maximum atomic E-state index is 15.0. The molecule has 0 saturated carbocycles. The third kappa shape index (κ3) is 6.72. The highest BCUT2D eigenvalue weighted by molar-refractivity contribution is 7.91. The van der Waals surface area contributed by atoms with Crippen molar-refractivity contribution in [2.24, 2.45) is 5.92 Å². The molecule has 0 aliphatic carbocycles. The van der Waals surface area contributed by atoms with Crippen LogP contribution in [-0.2, 0) is 23.5 Å². The molecule has 5 rings (SSSR count). The van der Waals surface area contributed by atoms with Crippen LogP contribution < -0.4 is 9.46 Å². The number of nitrogens with zero attached hydrogens (tertiary/aromatic N) is 4. The van der Waals surface area contributed by atoms with Crippen LogP contribution in [0.15, 0.2) is 67.0 Å². The number of hydrogen-bond acceptors (Lipinski definition) is 7. The van der Waals surface area contributed by atoms with Crippen LogP contribution in [0.2, 0.25) is 0 Å². The predicted molar refractivity (Wildman–Crippen MR) is 147 cm³/mol. The lowest BCUT2D eigenvalue weighted by Gasteiger charge is -2.29. The average molecular weight is 568 g/mol. The molecule has 1 aliphatic heterocycles. The molecule has 1 aliphatic rings. The fourth-order valence-electron chi connectivity index (χ4n) is 4.73. The van der Waals surface area contributed by atoms with Crippen molar-refractivity contribution in [1.82, 2.24) is 19.9 Å². The lowest BCUT2D eigenvalue weighted by Crippen LogP contribution is -2.33. The fraction of sp³-hybridized carbons (Fsp3) is 0.276. The van der Waals surface area contributed by atoms with Crippen molar-refractivity contribution in [2.45, 2.75) is 25.0 Å². The third-order valence-corrected chi connectivity index (χ3v) is 7.66. The number of rotatable bonds is 9. The maximum Gasteiger partial charge on any atom is 0.228 e. The summed E-state index contributed by atoms with van der Waals surface area (Å²) in [6.45, 7) is 2.05. The molecule has 2 atom stereocenters. The van der Waals surface area contributed by atoms with E-state index in [1.54, 1.807) is 54.7 Å². The Labute approximate surface area is 233 Å². The molecule has 0 spiro atoms. The number of pyridine rings is 1. The highest BCUT2D eigenvalue weighted by atomic mass is 32.2. The lowest BCUT2D eigenvalue weighted by atomic mass is 9.95. The van der Waals surface area contributed by atoms with E-state index in [0.717, 1.165) is 25.9 Å². The smallest absolute Gasteiger partial charge is 0.228 e. The molecule has 3 heterocycles. The van der Waals surface area contributed by atoms with Crippen molar-refractivity contribution in [1.29, 1.82) is 0 Å². The Bertz CT molecular complexity index is 1460. The summed E-state index contributed by atoms with van der Waals surface area (Å²) in [5.74, 6) is -3.84. The van der Waals surface area contributed by atoms with Crippen molar-refractivity contribution in [2.75, 3.05) is 24.9 Å². The lowest BCUT2D eigenvalue weighted by molar-refractivity contribution is 0.207. The number of nitrogens with one attached hydrogen (secondary N) is 1. The zero-order chi connectivity index (χ0) is 28.1. The van der Waals surface area contributed by atoms with Gasteiger partial charge in [0.2, 0.25) is 11.7 Å². The number of anilines is 1. The quantitative estimate of drug-likeness (QED) is 0.199. The topological polar surface area (TPSA) is 86.2 Å². The molecule has 2 unspecified atom stereocenters. The molecule has 0 bridgehead atoms. The molecule has 1 fully saturated rings. The monoisotopic (exact) mass is 567 g/mol. The maximum absolute atomic E-state index is 15.0. The number of likely N-dealkylation sites (tertiary alicyclic amines) is 1. The van der Waals surface area contributed by atoms with Gasteiger partial charge < -0.3 is 14.2 Å². The minimum absolute atomic E-state index is 0.0186. The molecule has 208 valence electrons. The first-order valence-corrected chi connectivity index (χ1v) is 14.2. The van der Waals surface area contributed by atoms with E-state index in [2.05, 4.69) is 31.6 Å². The Morgan fingerprint density at radius 3 is 2.67 bits per heavy atom. The van der Waals surface area contributed by atoms with Gasteiger partial charge in [-0.25, -0.2) is 28.5 Å². The van der Waals surface area contributed by atoms with Crippen molar-refractivity contribution in [3.05, 3.63) is 95.8 Å². The Kier molecular flexibility index (Phi) is 8.83. The number of piperidine rings is 1. The molecule has 2 aromatic carbocycles. The Hall–Kier alpha value is -3.67. The minimum atomic E-state index is -1.90. The summed E-state index contributed by atoms with van der Waals surface area (Å²) in [5, 5.41) is 0. The first-order chi connectivity index (χ1) is 19.4. The third-order valence-electron chi connectivity index (χ3n) is 6.63. The molecular formula is C29H28F3N5O2S. The number of benzene rings is 2. The van der Waals surface area contributed by atoms with E-state index in [4.69, 9.17) is 4.74 Å². The van der Waals surface area contributed by atoms with Gasteiger partial charge in [0, 0.05) is 37.0 Å². The summed E-state index contributed by atoms with van der Waals surface area (Å²) in [6, 6.07) is 14.5. The number of halogens is 3. The number of hydrogen-bond donors (Lipinski definition) is 1. The SMILES string of the molecule is CN1CCCC(Cc2nccc(-c3cccnc3Oc3cc(F)c(N[S+]([O-])Cc4ccccc4)c(F)c3F)n2)C1. The minimum Gasteiger partial charge on any atom is -0.593 e. The molecule has 1 N–H and O–H groups in total. The molecule has 7 nitrogen and oxygen atoms in total. The van der Waals surface area contributed by atoms with E-state index in [1.165, 1.54) is 6.20 Å². The summed E-state index contributed by atoms with van der Waals surface area (Å²) in [7, 11) is 2.10. The van der Waals surface area contributed by atoms with Gasteiger partial charge in [-0.05, 0) is 50.6 Å². The second kappa shape index (κ2) is 12.7. The zero-order valence-corrected chi connectivity index (χ0v) is 22.6. The van der Waals surface area contributed by atoms with Crippen molar-refractivity contribution < 1.29 is 22.5 Å². The van der Waals surface area contributed by atoms with Gasteiger partial charge in [0.15, 0.2) is 28.8 Å². The van der Waals surface area contributed by atoms with Gasteiger partial charge in [-0.2, -0.15) is 4.39 Å². The van der Waals surface area contributed by atoms with Crippen LogP contribution in [0, 0.1) is 23.4 Å². The van der Waals surface area contributed by atoms with Gasteiger partial charge in [-0.15, -0.1) is 0 Å². The summed E-state index contributed by atoms with van der Waals surface area (Å²) < 4.78 is 65.1. The van der Waals surface area contributed by atoms with Crippen molar-refractivity contribution in [3.63, 3.8) is 0 Å². The summed E-state index contributed by atoms with van der Waals surface area (Å²) >= 11 is -1.90. The van der Waals surface area contributed by atoms with E-state index in [0.29, 0.717) is 41.1 Å². The second-order valence-electron chi connectivity index (χ2n) is 9.73. The number of aromatic nitrogens is 3. The van der Waals surface area contributed by atoms with Crippen LogP contribution >= 0.6 is 0 Å². The van der Waals surface area contributed by atoms with Crippen LogP contribution in [-0.4, -0.2) is 44.5 Å².